The number of carbonyl (C=O) groups is 1. The summed E-state index contributed by atoms with van der Waals surface area (Å²) in [6.45, 7) is 1.39. The molecule has 0 N–H and O–H groups in total. The lowest BCUT2D eigenvalue weighted by Crippen LogP contribution is -2.38. The van der Waals surface area contributed by atoms with Gasteiger partial charge in [0.1, 0.15) is 6.54 Å². The smallest absolute Gasteiger partial charge is 0.244 e. The fourth-order valence-electron chi connectivity index (χ4n) is 4.45. The number of aromatic nitrogens is 2. The van der Waals surface area contributed by atoms with Crippen LogP contribution in [0.5, 0.6) is 11.5 Å². The summed E-state index contributed by atoms with van der Waals surface area (Å²) in [5.74, 6) is 1.44. The van der Waals surface area contributed by atoms with Crippen molar-refractivity contribution in [1.82, 2.24) is 14.7 Å². The highest BCUT2D eigenvalue weighted by atomic mass is 16.5. The molecule has 6 nitrogen and oxygen atoms in total. The molecule has 0 fully saturated rings. The van der Waals surface area contributed by atoms with Gasteiger partial charge in [-0.2, -0.15) is 5.10 Å². The Labute approximate surface area is 199 Å². The summed E-state index contributed by atoms with van der Waals surface area (Å²) in [7, 11) is 3.27. The van der Waals surface area contributed by atoms with Gasteiger partial charge >= 0.3 is 0 Å². The number of benzene rings is 3. The molecule has 34 heavy (non-hydrogen) atoms. The van der Waals surface area contributed by atoms with Crippen LogP contribution in [-0.4, -0.2) is 41.4 Å². The van der Waals surface area contributed by atoms with Crippen molar-refractivity contribution in [3.8, 4) is 34.0 Å². The van der Waals surface area contributed by atoms with Gasteiger partial charge in [0.25, 0.3) is 0 Å². The van der Waals surface area contributed by atoms with E-state index in [0.29, 0.717) is 18.8 Å². The van der Waals surface area contributed by atoms with Gasteiger partial charge in [-0.1, -0.05) is 60.7 Å². The zero-order chi connectivity index (χ0) is 23.5. The first-order valence-electron chi connectivity index (χ1n) is 11.4. The van der Waals surface area contributed by atoms with Gasteiger partial charge < -0.3 is 14.4 Å². The molecule has 172 valence electrons. The molecular weight excluding hydrogens is 426 g/mol. The minimum Gasteiger partial charge on any atom is -0.493 e. The maximum atomic E-state index is 13.4. The Hall–Kier alpha value is -4.06. The molecule has 0 bridgehead atoms. The van der Waals surface area contributed by atoms with E-state index in [1.807, 2.05) is 82.4 Å². The number of hydrogen-bond donors (Lipinski definition) is 0. The van der Waals surface area contributed by atoms with E-state index in [0.717, 1.165) is 40.2 Å². The maximum Gasteiger partial charge on any atom is 0.244 e. The van der Waals surface area contributed by atoms with Crippen LogP contribution in [-0.2, 0) is 24.3 Å². The summed E-state index contributed by atoms with van der Waals surface area (Å²) in [4.78, 5) is 15.3. The average molecular weight is 454 g/mol. The summed E-state index contributed by atoms with van der Waals surface area (Å²) in [5.41, 5.74) is 6.12. The van der Waals surface area contributed by atoms with Crippen LogP contribution in [0.25, 0.3) is 22.5 Å². The van der Waals surface area contributed by atoms with Gasteiger partial charge in [-0.05, 0) is 41.3 Å². The highest BCUT2D eigenvalue weighted by Gasteiger charge is 2.24. The first-order chi connectivity index (χ1) is 16.7. The molecule has 0 spiro atoms. The molecule has 2 heterocycles. The Bertz CT molecular complexity index is 1300. The third-order valence-corrected chi connectivity index (χ3v) is 6.27. The second-order valence-electron chi connectivity index (χ2n) is 8.35. The number of ether oxygens (including phenoxy) is 2. The summed E-state index contributed by atoms with van der Waals surface area (Å²) in [5, 5.41) is 4.82. The first-order valence-corrected chi connectivity index (χ1v) is 11.4. The highest BCUT2D eigenvalue weighted by Crippen LogP contribution is 2.33. The quantitative estimate of drug-likeness (QED) is 0.420. The number of methoxy groups -OCH3 is 2. The van der Waals surface area contributed by atoms with Crippen molar-refractivity contribution in [2.45, 2.75) is 19.5 Å². The van der Waals surface area contributed by atoms with Crippen LogP contribution in [0.15, 0.2) is 78.9 Å². The predicted octanol–water partition coefficient (Wildman–Crippen LogP) is 4.82. The fourth-order valence-corrected chi connectivity index (χ4v) is 4.45. The molecule has 0 aliphatic carbocycles. The minimum atomic E-state index is 0.0420. The Morgan fingerprint density at radius 1 is 0.853 bits per heavy atom. The third-order valence-electron chi connectivity index (χ3n) is 6.27. The predicted molar refractivity (Wildman–Crippen MR) is 132 cm³/mol. The molecule has 5 rings (SSSR count). The van der Waals surface area contributed by atoms with Gasteiger partial charge in [0.15, 0.2) is 11.5 Å². The van der Waals surface area contributed by atoms with E-state index in [4.69, 9.17) is 14.6 Å². The van der Waals surface area contributed by atoms with E-state index in [9.17, 15) is 4.79 Å². The normalized spacial score (nSPS) is 12.8. The van der Waals surface area contributed by atoms with Crippen LogP contribution in [0, 0.1) is 0 Å². The number of hydrogen-bond acceptors (Lipinski definition) is 4. The van der Waals surface area contributed by atoms with Gasteiger partial charge in [0.05, 0.1) is 25.6 Å². The Kier molecular flexibility index (Phi) is 6.04. The highest BCUT2D eigenvalue weighted by molar-refractivity contribution is 5.78. The molecule has 0 radical (unpaired) electrons. The van der Waals surface area contributed by atoms with Crippen molar-refractivity contribution >= 4 is 5.91 Å². The lowest BCUT2D eigenvalue weighted by atomic mass is 9.98. The molecule has 0 atom stereocenters. The van der Waals surface area contributed by atoms with Crippen LogP contribution in [0.2, 0.25) is 0 Å². The standard InChI is InChI=1S/C28H27N3O3/c1-33-26-15-22-13-14-30(18-23(22)16-27(26)34-2)28(32)19-31-25(21-11-7-4-8-12-21)17-24(29-31)20-9-5-3-6-10-20/h3-12,15-17H,13-14,18-19H2,1-2H3. The molecule has 6 heteroatoms. The Morgan fingerprint density at radius 3 is 2.12 bits per heavy atom. The second-order valence-corrected chi connectivity index (χ2v) is 8.35. The van der Waals surface area contributed by atoms with Crippen molar-refractivity contribution in [2.24, 2.45) is 0 Å². The van der Waals surface area contributed by atoms with Gasteiger partial charge in [-0.3, -0.25) is 9.48 Å². The molecule has 1 amide bonds. The summed E-state index contributed by atoms with van der Waals surface area (Å²) < 4.78 is 12.7. The van der Waals surface area contributed by atoms with Crippen molar-refractivity contribution in [2.75, 3.05) is 20.8 Å². The zero-order valence-corrected chi connectivity index (χ0v) is 19.4. The summed E-state index contributed by atoms with van der Waals surface area (Å²) >= 11 is 0. The van der Waals surface area contributed by atoms with E-state index in [2.05, 4.69) is 6.07 Å². The molecular formula is C28H27N3O3. The largest absolute Gasteiger partial charge is 0.493 e. The monoisotopic (exact) mass is 453 g/mol. The van der Waals surface area contributed by atoms with E-state index >= 15 is 0 Å². The Morgan fingerprint density at radius 2 is 1.47 bits per heavy atom. The van der Waals surface area contributed by atoms with Gasteiger partial charge in [-0.15, -0.1) is 0 Å². The average Bonchev–Trinajstić information content (AvgIpc) is 3.32. The van der Waals surface area contributed by atoms with E-state index in [-0.39, 0.29) is 12.5 Å². The third kappa shape index (κ3) is 4.27. The van der Waals surface area contributed by atoms with Crippen LogP contribution in [0.3, 0.4) is 0 Å². The molecule has 1 aliphatic rings. The number of rotatable bonds is 6. The maximum absolute atomic E-state index is 13.4. The van der Waals surface area contributed by atoms with E-state index in [1.165, 1.54) is 5.56 Å². The van der Waals surface area contributed by atoms with Crippen molar-refractivity contribution in [3.63, 3.8) is 0 Å². The van der Waals surface area contributed by atoms with Gasteiger partial charge in [0, 0.05) is 18.7 Å². The van der Waals surface area contributed by atoms with Gasteiger partial charge in [0.2, 0.25) is 5.91 Å². The summed E-state index contributed by atoms with van der Waals surface area (Å²) in [6, 6.07) is 26.2. The first kappa shape index (κ1) is 21.8. The van der Waals surface area contributed by atoms with Crippen molar-refractivity contribution in [1.29, 1.82) is 0 Å². The van der Waals surface area contributed by atoms with Crippen molar-refractivity contribution in [3.05, 3.63) is 90.0 Å². The molecule has 4 aromatic rings. The van der Waals surface area contributed by atoms with Crippen LogP contribution in [0.4, 0.5) is 0 Å². The van der Waals surface area contributed by atoms with E-state index in [1.54, 1.807) is 14.2 Å². The lowest BCUT2D eigenvalue weighted by molar-refractivity contribution is -0.132. The summed E-state index contributed by atoms with van der Waals surface area (Å²) in [6.07, 6.45) is 0.779. The molecule has 3 aromatic carbocycles. The second kappa shape index (κ2) is 9.43. The molecule has 0 unspecified atom stereocenters. The number of carbonyl (C=O) groups excluding carboxylic acids is 1. The number of amides is 1. The minimum absolute atomic E-state index is 0.0420. The van der Waals surface area contributed by atoms with Crippen molar-refractivity contribution < 1.29 is 14.3 Å². The topological polar surface area (TPSA) is 56.6 Å². The van der Waals surface area contributed by atoms with Gasteiger partial charge in [-0.25, -0.2) is 0 Å². The lowest BCUT2D eigenvalue weighted by Gasteiger charge is -2.30. The fraction of sp³-hybridized carbons (Fsp3) is 0.214. The zero-order valence-electron chi connectivity index (χ0n) is 19.4. The molecule has 0 saturated carbocycles. The van der Waals surface area contributed by atoms with E-state index < -0.39 is 0 Å². The number of nitrogens with zero attached hydrogens (tertiary/aromatic N) is 3. The number of fused-ring (bicyclic) bond motifs is 1. The van der Waals surface area contributed by atoms with Crippen LogP contribution >= 0.6 is 0 Å². The molecule has 0 saturated heterocycles. The van der Waals surface area contributed by atoms with Crippen LogP contribution < -0.4 is 9.47 Å². The Balaban J connectivity index is 1.42. The van der Waals surface area contributed by atoms with Crippen LogP contribution in [0.1, 0.15) is 11.1 Å². The molecule has 1 aromatic heterocycles. The SMILES string of the molecule is COc1cc2c(cc1OC)CN(C(=O)Cn1nc(-c3ccccc3)cc1-c1ccccc1)CC2. The molecule has 1 aliphatic heterocycles.